The molecule has 9 heteroatoms. The first-order chi connectivity index (χ1) is 31.3. The van der Waals surface area contributed by atoms with E-state index in [-0.39, 0.29) is 11.6 Å². The van der Waals surface area contributed by atoms with Gasteiger partial charge in [-0.3, -0.25) is 5.01 Å². The van der Waals surface area contributed by atoms with E-state index >= 15 is 0 Å². The van der Waals surface area contributed by atoms with Crippen LogP contribution in [0.2, 0.25) is 0 Å². The molecule has 334 valence electrons. The van der Waals surface area contributed by atoms with Crippen molar-refractivity contribution in [2.75, 3.05) is 5.01 Å². The molecule has 6 aromatic rings. The SMILES string of the molecule is CCCCCc1cc(-c2sc(-c3sc(-c4sc(C5=NN(c6ccccc6)C(c6ccccc6)C5)cc4CCCCC)cc3CCCCC)cc2CCCCC)sc1/C=C(\C#N)C(=O)O. The van der Waals surface area contributed by atoms with Crippen LogP contribution >= 0.6 is 45.3 Å². The molecule has 0 fully saturated rings. The number of nitrogens with zero attached hydrogens (tertiary/aromatic N) is 3. The van der Waals surface area contributed by atoms with Crippen molar-refractivity contribution < 1.29 is 9.90 Å². The third-order valence-corrected chi connectivity index (χ3v) is 17.4. The number of benzene rings is 2. The largest absolute Gasteiger partial charge is 0.477 e. The Balaban J connectivity index is 1.31. The minimum absolute atomic E-state index is 0.138. The average molecular weight is 926 g/mol. The number of aliphatic carboxylic acids is 1. The van der Waals surface area contributed by atoms with Gasteiger partial charge in [0.25, 0.3) is 0 Å². The Kier molecular flexibility index (Phi) is 17.4. The lowest BCUT2D eigenvalue weighted by Crippen LogP contribution is -2.18. The van der Waals surface area contributed by atoms with Crippen molar-refractivity contribution in [1.29, 1.82) is 5.26 Å². The van der Waals surface area contributed by atoms with Crippen LogP contribution < -0.4 is 5.01 Å². The highest BCUT2D eigenvalue weighted by Gasteiger charge is 2.32. The van der Waals surface area contributed by atoms with E-state index in [9.17, 15) is 15.2 Å². The Labute approximate surface area is 397 Å². The van der Waals surface area contributed by atoms with E-state index < -0.39 is 5.97 Å². The van der Waals surface area contributed by atoms with Gasteiger partial charge in [0, 0.05) is 40.6 Å². The Bertz CT molecular complexity index is 2550. The Morgan fingerprint density at radius 1 is 0.641 bits per heavy atom. The lowest BCUT2D eigenvalue weighted by atomic mass is 10.00. The van der Waals surface area contributed by atoms with Crippen molar-refractivity contribution >= 4 is 68.8 Å². The maximum atomic E-state index is 12.0. The Morgan fingerprint density at radius 2 is 1.08 bits per heavy atom. The number of carboxylic acid groups (broad SMARTS) is 1. The number of carbonyl (C=O) groups is 1. The molecule has 1 atom stereocenters. The number of unbranched alkanes of at least 4 members (excludes halogenated alkanes) is 8. The van der Waals surface area contributed by atoms with Gasteiger partial charge < -0.3 is 5.11 Å². The van der Waals surface area contributed by atoms with Gasteiger partial charge >= 0.3 is 5.97 Å². The zero-order valence-electron chi connectivity index (χ0n) is 38.1. The van der Waals surface area contributed by atoms with Crippen LogP contribution in [0.25, 0.3) is 35.3 Å². The fourth-order valence-corrected chi connectivity index (χ4v) is 13.8. The molecule has 1 N–H and O–H groups in total. The van der Waals surface area contributed by atoms with Crippen molar-refractivity contribution in [2.24, 2.45) is 5.10 Å². The minimum Gasteiger partial charge on any atom is -0.477 e. The molecule has 1 aliphatic rings. The van der Waals surface area contributed by atoms with E-state index in [1.54, 1.807) is 17.4 Å². The molecule has 0 saturated heterocycles. The summed E-state index contributed by atoms with van der Waals surface area (Å²) in [5.41, 5.74) is 8.77. The average Bonchev–Trinajstić information content (AvgIpc) is 4.16. The van der Waals surface area contributed by atoms with Crippen molar-refractivity contribution in [3.8, 4) is 35.3 Å². The predicted molar refractivity (Wildman–Crippen MR) is 278 cm³/mol. The quantitative estimate of drug-likeness (QED) is 0.0373. The van der Waals surface area contributed by atoms with Crippen molar-refractivity contribution in [3.63, 3.8) is 0 Å². The number of anilines is 1. The smallest absolute Gasteiger partial charge is 0.346 e. The summed E-state index contributed by atoms with van der Waals surface area (Å²) in [6.45, 7) is 9.04. The number of carboxylic acids is 1. The maximum absolute atomic E-state index is 12.0. The highest BCUT2D eigenvalue weighted by atomic mass is 32.1. The Morgan fingerprint density at radius 3 is 1.56 bits per heavy atom. The third kappa shape index (κ3) is 11.6. The number of hydrogen-bond acceptors (Lipinski definition) is 8. The predicted octanol–water partition coefficient (Wildman–Crippen LogP) is 17.2. The van der Waals surface area contributed by atoms with Gasteiger partial charge in [0.15, 0.2) is 0 Å². The van der Waals surface area contributed by atoms with Crippen LogP contribution in [0.3, 0.4) is 0 Å². The van der Waals surface area contributed by atoms with E-state index in [0.29, 0.717) is 0 Å². The van der Waals surface area contributed by atoms with E-state index in [4.69, 9.17) is 5.10 Å². The van der Waals surface area contributed by atoms with Crippen LogP contribution in [0, 0.1) is 11.3 Å². The molecule has 1 aliphatic heterocycles. The molecule has 0 radical (unpaired) electrons. The van der Waals surface area contributed by atoms with E-state index in [2.05, 4.69) is 118 Å². The molecule has 0 saturated carbocycles. The molecule has 0 bridgehead atoms. The lowest BCUT2D eigenvalue weighted by Gasteiger charge is -2.23. The van der Waals surface area contributed by atoms with Gasteiger partial charge in [0.2, 0.25) is 0 Å². The number of para-hydroxylation sites is 1. The third-order valence-electron chi connectivity index (χ3n) is 12.2. The summed E-state index contributed by atoms with van der Waals surface area (Å²) in [5, 5.41) is 27.1. The second-order valence-corrected chi connectivity index (χ2v) is 21.3. The van der Waals surface area contributed by atoms with E-state index in [1.165, 1.54) is 101 Å². The molecular formula is C55H63N3O2S4. The van der Waals surface area contributed by atoms with Crippen LogP contribution in [-0.2, 0) is 30.5 Å². The zero-order valence-corrected chi connectivity index (χ0v) is 41.4. The van der Waals surface area contributed by atoms with Gasteiger partial charge in [-0.1, -0.05) is 128 Å². The lowest BCUT2D eigenvalue weighted by molar-refractivity contribution is -0.132. The Hall–Kier alpha value is -4.59. The fourth-order valence-electron chi connectivity index (χ4n) is 8.65. The van der Waals surface area contributed by atoms with Crippen LogP contribution in [0.15, 0.2) is 95.6 Å². The highest BCUT2D eigenvalue weighted by Crippen LogP contribution is 2.50. The number of rotatable bonds is 24. The summed E-state index contributed by atoms with van der Waals surface area (Å²) in [6, 6.07) is 33.3. The fraction of sp³-hybridized carbons (Fsp3) is 0.400. The number of hydrogen-bond donors (Lipinski definition) is 1. The van der Waals surface area contributed by atoms with E-state index in [1.807, 2.05) is 40.1 Å². The van der Waals surface area contributed by atoms with Gasteiger partial charge in [-0.2, -0.15) is 10.4 Å². The van der Waals surface area contributed by atoms with Gasteiger partial charge in [-0.25, -0.2) is 4.79 Å². The second-order valence-electron chi connectivity index (χ2n) is 17.1. The van der Waals surface area contributed by atoms with Crippen LogP contribution in [0.1, 0.15) is 155 Å². The summed E-state index contributed by atoms with van der Waals surface area (Å²) in [6.07, 6.45) is 20.4. The zero-order chi connectivity index (χ0) is 44.8. The molecule has 0 spiro atoms. The van der Waals surface area contributed by atoms with Crippen molar-refractivity contribution in [2.45, 2.75) is 143 Å². The number of thiophene rings is 4. The molecular weight excluding hydrogens is 863 g/mol. The molecule has 1 unspecified atom stereocenters. The van der Waals surface area contributed by atoms with Crippen LogP contribution in [0.5, 0.6) is 0 Å². The normalized spacial score (nSPS) is 14.0. The number of aryl methyl sites for hydroxylation is 4. The molecule has 4 aromatic heterocycles. The summed E-state index contributed by atoms with van der Waals surface area (Å²) < 4.78 is 0. The molecule has 0 amide bonds. The van der Waals surface area contributed by atoms with Gasteiger partial charge in [0.05, 0.1) is 22.3 Å². The highest BCUT2D eigenvalue weighted by molar-refractivity contribution is 7.29. The van der Waals surface area contributed by atoms with Crippen LogP contribution in [0.4, 0.5) is 5.69 Å². The second kappa shape index (κ2) is 23.6. The van der Waals surface area contributed by atoms with Gasteiger partial charge in [-0.15, -0.1) is 45.3 Å². The topological polar surface area (TPSA) is 76.7 Å². The van der Waals surface area contributed by atoms with Crippen molar-refractivity contribution in [1.82, 2.24) is 0 Å². The first-order valence-electron chi connectivity index (χ1n) is 23.7. The summed E-state index contributed by atoms with van der Waals surface area (Å²) in [5.74, 6) is -1.17. The van der Waals surface area contributed by atoms with Crippen molar-refractivity contribution in [3.05, 3.63) is 128 Å². The monoisotopic (exact) mass is 925 g/mol. The van der Waals surface area contributed by atoms with Gasteiger partial charge in [-0.05, 0) is 122 Å². The first kappa shape index (κ1) is 47.4. The molecule has 0 aliphatic carbocycles. The molecule has 5 heterocycles. The molecule has 5 nitrogen and oxygen atoms in total. The molecule has 64 heavy (non-hydrogen) atoms. The van der Waals surface area contributed by atoms with Gasteiger partial charge in [0.1, 0.15) is 11.6 Å². The number of nitriles is 1. The first-order valence-corrected chi connectivity index (χ1v) is 27.0. The summed E-state index contributed by atoms with van der Waals surface area (Å²) >= 11 is 7.47. The summed E-state index contributed by atoms with van der Waals surface area (Å²) in [4.78, 5) is 22.1. The number of hydrazone groups is 1. The standard InChI is InChI=1S/C55H63N3O2S4/c1-5-9-15-25-39-31-49(61-47(39)35-43(37-56)55(59)60)52-41(27-17-11-7-3)33-51(63-52)54-42(28-18-12-8-4)34-50(64-54)53-40(26-16-10-6-2)32-48(62-53)45-36-46(38-23-19-13-20-24-38)58(57-45)44-29-21-14-22-30-44/h13-14,19-24,29-35,46H,5-12,15-18,25-28,36H2,1-4H3,(H,59,60)/b43-35+. The summed E-state index contributed by atoms with van der Waals surface area (Å²) in [7, 11) is 0. The van der Waals surface area contributed by atoms with E-state index in [0.717, 1.165) is 86.0 Å². The minimum atomic E-state index is -1.17. The molecule has 2 aromatic carbocycles. The maximum Gasteiger partial charge on any atom is 0.346 e. The molecule has 7 rings (SSSR count). The van der Waals surface area contributed by atoms with Crippen LogP contribution in [-0.4, -0.2) is 16.8 Å².